The highest BCUT2D eigenvalue weighted by molar-refractivity contribution is 5.77. The van der Waals surface area contributed by atoms with Crippen LogP contribution in [0, 0.1) is 11.8 Å². The SMILES string of the molecule is COCCOCC(=O)N1CCN(C2CC3CCC2C3)CC1. The average molecular weight is 296 g/mol. The van der Waals surface area contributed by atoms with Crippen molar-refractivity contribution >= 4 is 5.91 Å². The van der Waals surface area contributed by atoms with E-state index < -0.39 is 0 Å². The van der Waals surface area contributed by atoms with Gasteiger partial charge in [-0.1, -0.05) is 6.42 Å². The van der Waals surface area contributed by atoms with Gasteiger partial charge < -0.3 is 14.4 Å². The molecule has 5 nitrogen and oxygen atoms in total. The van der Waals surface area contributed by atoms with E-state index >= 15 is 0 Å². The number of piperazine rings is 1. The topological polar surface area (TPSA) is 42.0 Å². The fraction of sp³-hybridized carbons (Fsp3) is 0.938. The molecule has 3 rings (SSSR count). The molecular weight excluding hydrogens is 268 g/mol. The molecule has 5 heteroatoms. The van der Waals surface area contributed by atoms with E-state index in [1.807, 2.05) is 4.90 Å². The van der Waals surface area contributed by atoms with Gasteiger partial charge in [0.15, 0.2) is 0 Å². The Morgan fingerprint density at radius 1 is 1.10 bits per heavy atom. The fourth-order valence-electron chi connectivity index (χ4n) is 4.35. The van der Waals surface area contributed by atoms with E-state index in [9.17, 15) is 4.79 Å². The molecule has 120 valence electrons. The maximum atomic E-state index is 12.1. The summed E-state index contributed by atoms with van der Waals surface area (Å²) < 4.78 is 10.2. The first-order chi connectivity index (χ1) is 10.3. The molecule has 1 amide bonds. The van der Waals surface area contributed by atoms with E-state index in [1.165, 1.54) is 25.7 Å². The normalized spacial score (nSPS) is 32.8. The van der Waals surface area contributed by atoms with Crippen LogP contribution >= 0.6 is 0 Å². The van der Waals surface area contributed by atoms with Gasteiger partial charge in [-0.3, -0.25) is 9.69 Å². The summed E-state index contributed by atoms with van der Waals surface area (Å²) >= 11 is 0. The number of carbonyl (C=O) groups is 1. The molecule has 1 aliphatic heterocycles. The molecule has 3 atom stereocenters. The van der Waals surface area contributed by atoms with Gasteiger partial charge in [-0.15, -0.1) is 0 Å². The number of fused-ring (bicyclic) bond motifs is 2. The highest BCUT2D eigenvalue weighted by Crippen LogP contribution is 2.46. The lowest BCUT2D eigenvalue weighted by Crippen LogP contribution is -2.53. The van der Waals surface area contributed by atoms with E-state index in [2.05, 4.69) is 4.90 Å². The molecule has 0 radical (unpaired) electrons. The third-order valence-electron chi connectivity index (χ3n) is 5.49. The fourth-order valence-corrected chi connectivity index (χ4v) is 4.35. The second-order valence-electron chi connectivity index (χ2n) is 6.70. The third kappa shape index (κ3) is 3.58. The Balaban J connectivity index is 1.38. The minimum Gasteiger partial charge on any atom is -0.382 e. The molecule has 2 saturated carbocycles. The summed E-state index contributed by atoms with van der Waals surface area (Å²) in [5.74, 6) is 2.06. The van der Waals surface area contributed by atoms with E-state index in [0.717, 1.165) is 44.1 Å². The Hall–Kier alpha value is -0.650. The second-order valence-corrected chi connectivity index (χ2v) is 6.70. The molecule has 1 saturated heterocycles. The molecule has 2 aliphatic carbocycles. The molecule has 0 aromatic heterocycles. The number of nitrogens with zero attached hydrogens (tertiary/aromatic N) is 2. The highest BCUT2D eigenvalue weighted by Gasteiger charge is 2.42. The highest BCUT2D eigenvalue weighted by atomic mass is 16.5. The Labute approximate surface area is 127 Å². The van der Waals surface area contributed by atoms with Gasteiger partial charge in [-0.05, 0) is 31.1 Å². The van der Waals surface area contributed by atoms with Crippen LogP contribution in [0.1, 0.15) is 25.7 Å². The molecule has 2 bridgehead atoms. The van der Waals surface area contributed by atoms with Crippen LogP contribution in [-0.2, 0) is 14.3 Å². The maximum Gasteiger partial charge on any atom is 0.248 e. The van der Waals surface area contributed by atoms with Crippen LogP contribution in [0.4, 0.5) is 0 Å². The summed E-state index contributed by atoms with van der Waals surface area (Å²) in [6, 6.07) is 0.805. The van der Waals surface area contributed by atoms with Gasteiger partial charge in [-0.25, -0.2) is 0 Å². The Bertz CT molecular complexity index is 355. The van der Waals surface area contributed by atoms with Crippen molar-refractivity contribution in [3.63, 3.8) is 0 Å². The summed E-state index contributed by atoms with van der Waals surface area (Å²) in [5.41, 5.74) is 0. The average Bonchev–Trinajstić information content (AvgIpc) is 3.14. The zero-order chi connectivity index (χ0) is 14.7. The maximum absolute atomic E-state index is 12.1. The van der Waals surface area contributed by atoms with Gasteiger partial charge >= 0.3 is 0 Å². The van der Waals surface area contributed by atoms with Crippen LogP contribution in [0.2, 0.25) is 0 Å². The van der Waals surface area contributed by atoms with E-state index in [0.29, 0.717) is 13.2 Å². The first kappa shape index (κ1) is 15.3. The van der Waals surface area contributed by atoms with Crippen LogP contribution < -0.4 is 0 Å². The lowest BCUT2D eigenvalue weighted by atomic mass is 9.93. The molecule has 1 heterocycles. The van der Waals surface area contributed by atoms with Crippen molar-refractivity contribution in [1.29, 1.82) is 0 Å². The molecule has 0 aromatic carbocycles. The summed E-state index contributed by atoms with van der Waals surface area (Å²) in [6.07, 6.45) is 5.75. The van der Waals surface area contributed by atoms with Crippen molar-refractivity contribution in [2.45, 2.75) is 31.7 Å². The predicted octanol–water partition coefficient (Wildman–Crippen LogP) is 0.982. The van der Waals surface area contributed by atoms with Crippen LogP contribution in [0.15, 0.2) is 0 Å². The van der Waals surface area contributed by atoms with Crippen LogP contribution in [0.25, 0.3) is 0 Å². The Kier molecular flexibility index (Phi) is 5.14. The van der Waals surface area contributed by atoms with Gasteiger partial charge in [0.25, 0.3) is 0 Å². The van der Waals surface area contributed by atoms with E-state index in [-0.39, 0.29) is 12.5 Å². The smallest absolute Gasteiger partial charge is 0.248 e. The molecule has 3 unspecified atom stereocenters. The number of ether oxygens (including phenoxy) is 2. The minimum atomic E-state index is 0.124. The summed E-state index contributed by atoms with van der Waals surface area (Å²) in [7, 11) is 1.64. The molecule has 21 heavy (non-hydrogen) atoms. The minimum absolute atomic E-state index is 0.124. The number of carbonyl (C=O) groups excluding carboxylic acids is 1. The molecule has 3 aliphatic rings. The Morgan fingerprint density at radius 2 is 1.90 bits per heavy atom. The standard InChI is InChI=1S/C16H28N2O3/c1-20-8-9-21-12-16(19)18-6-4-17(5-7-18)15-11-13-2-3-14(15)10-13/h13-15H,2-12H2,1H3. The zero-order valence-corrected chi connectivity index (χ0v) is 13.1. The lowest BCUT2D eigenvalue weighted by Gasteiger charge is -2.41. The van der Waals surface area contributed by atoms with Gasteiger partial charge in [0.2, 0.25) is 5.91 Å². The summed E-state index contributed by atoms with van der Waals surface area (Å²) in [4.78, 5) is 16.7. The van der Waals surface area contributed by atoms with Gasteiger partial charge in [0.1, 0.15) is 6.61 Å². The summed E-state index contributed by atoms with van der Waals surface area (Å²) in [6.45, 7) is 5.03. The number of hydrogen-bond acceptors (Lipinski definition) is 4. The number of rotatable bonds is 6. The van der Waals surface area contributed by atoms with Gasteiger partial charge in [0.05, 0.1) is 13.2 Å². The molecule has 3 fully saturated rings. The molecule has 0 spiro atoms. The Morgan fingerprint density at radius 3 is 2.52 bits per heavy atom. The first-order valence-corrected chi connectivity index (χ1v) is 8.36. The predicted molar refractivity (Wildman–Crippen MR) is 80.1 cm³/mol. The van der Waals surface area contributed by atoms with Gasteiger partial charge in [0, 0.05) is 39.3 Å². The quantitative estimate of drug-likeness (QED) is 0.685. The van der Waals surface area contributed by atoms with Crippen molar-refractivity contribution in [2.24, 2.45) is 11.8 Å². The van der Waals surface area contributed by atoms with Crippen LogP contribution in [-0.4, -0.2) is 74.9 Å². The summed E-state index contributed by atoms with van der Waals surface area (Å²) in [5, 5.41) is 0. The van der Waals surface area contributed by atoms with Crippen molar-refractivity contribution in [1.82, 2.24) is 9.80 Å². The lowest BCUT2D eigenvalue weighted by molar-refractivity contribution is -0.138. The van der Waals surface area contributed by atoms with Crippen molar-refractivity contribution < 1.29 is 14.3 Å². The molecule has 0 N–H and O–H groups in total. The molecular formula is C16H28N2O3. The van der Waals surface area contributed by atoms with Gasteiger partial charge in [-0.2, -0.15) is 0 Å². The zero-order valence-electron chi connectivity index (χ0n) is 13.1. The van der Waals surface area contributed by atoms with Crippen molar-refractivity contribution in [3.8, 4) is 0 Å². The number of hydrogen-bond donors (Lipinski definition) is 0. The second kappa shape index (κ2) is 7.07. The molecule has 0 aromatic rings. The first-order valence-electron chi connectivity index (χ1n) is 8.36. The number of amides is 1. The van der Waals surface area contributed by atoms with Crippen molar-refractivity contribution in [2.75, 3.05) is 53.1 Å². The van der Waals surface area contributed by atoms with Crippen molar-refractivity contribution in [3.05, 3.63) is 0 Å². The van der Waals surface area contributed by atoms with Crippen LogP contribution in [0.5, 0.6) is 0 Å². The largest absolute Gasteiger partial charge is 0.382 e. The van der Waals surface area contributed by atoms with E-state index in [4.69, 9.17) is 9.47 Å². The monoisotopic (exact) mass is 296 g/mol. The van der Waals surface area contributed by atoms with Crippen LogP contribution in [0.3, 0.4) is 0 Å². The number of methoxy groups -OCH3 is 1. The van der Waals surface area contributed by atoms with E-state index in [1.54, 1.807) is 7.11 Å². The third-order valence-corrected chi connectivity index (χ3v) is 5.49.